The van der Waals surface area contributed by atoms with E-state index in [-0.39, 0.29) is 15.0 Å². The van der Waals surface area contributed by atoms with Crippen molar-refractivity contribution in [2.24, 2.45) is 5.92 Å². The molecule has 1 N–H and O–H groups in total. The monoisotopic (exact) mass is 543 g/mol. The quantitative estimate of drug-likeness (QED) is 0.201. The Morgan fingerprint density at radius 1 is 1.11 bits per heavy atom. The Balaban J connectivity index is 1.90. The van der Waals surface area contributed by atoms with Gasteiger partial charge in [0.1, 0.15) is 5.75 Å². The molecule has 0 saturated heterocycles. The van der Waals surface area contributed by atoms with Gasteiger partial charge in [0.15, 0.2) is 9.99 Å². The fourth-order valence-corrected chi connectivity index (χ4v) is 6.63. The molecule has 0 aliphatic carbocycles. The topological polar surface area (TPSA) is 93.6 Å². The molecule has 2 aromatic carbocycles. The van der Waals surface area contributed by atoms with Crippen LogP contribution in [0.5, 0.6) is 5.75 Å². The molecule has 0 bridgehead atoms. The first-order chi connectivity index (χ1) is 16.9. The molecule has 0 spiro atoms. The number of methoxy groups -OCH3 is 1. The van der Waals surface area contributed by atoms with Gasteiger partial charge in [-0.2, -0.15) is 8.42 Å². The minimum atomic E-state index is -4.43. The molecule has 6 nitrogen and oxygen atoms in total. The average molecular weight is 544 g/mol. The fourth-order valence-electron chi connectivity index (χ4n) is 4.34. The molecule has 0 saturated carbocycles. The highest BCUT2D eigenvalue weighted by molar-refractivity contribution is 7.88. The first kappa shape index (κ1) is 26.3. The highest BCUT2D eigenvalue weighted by Gasteiger charge is 2.25. The van der Waals surface area contributed by atoms with E-state index in [4.69, 9.17) is 21.3 Å². The smallest absolute Gasteiger partial charge is 0.304 e. The zero-order chi connectivity index (χ0) is 26.4. The number of pyridine rings is 1. The number of ether oxygens (including phenoxy) is 1. The van der Waals surface area contributed by atoms with Gasteiger partial charge in [-0.1, -0.05) is 37.6 Å². The van der Waals surface area contributed by atoms with Crippen LogP contribution in [0.3, 0.4) is 0 Å². The lowest BCUT2D eigenvalue weighted by atomic mass is 9.89. The molecule has 0 amide bonds. The van der Waals surface area contributed by atoms with Crippen LogP contribution in [-0.4, -0.2) is 30.8 Å². The van der Waals surface area contributed by atoms with E-state index in [9.17, 15) is 17.8 Å². The molecule has 4 aromatic rings. The molecule has 2 aromatic heterocycles. The highest BCUT2D eigenvalue weighted by atomic mass is 35.5. The number of aromatic nitrogens is 1. The Bertz CT molecular complexity index is 1610. The van der Waals surface area contributed by atoms with Gasteiger partial charge in [0.05, 0.1) is 12.6 Å². The summed E-state index contributed by atoms with van der Waals surface area (Å²) in [6.45, 7) is 7.83. The van der Waals surface area contributed by atoms with E-state index in [0.717, 1.165) is 22.6 Å². The van der Waals surface area contributed by atoms with Gasteiger partial charge in [0.25, 0.3) is 0 Å². The number of hydrogen-bond acceptors (Lipinski definition) is 6. The van der Waals surface area contributed by atoms with Crippen LogP contribution in [-0.2, 0) is 16.5 Å². The zero-order valence-electron chi connectivity index (χ0n) is 20.5. The molecule has 36 heavy (non-hydrogen) atoms. The van der Waals surface area contributed by atoms with Crippen molar-refractivity contribution in [3.05, 3.63) is 74.7 Å². The second kappa shape index (κ2) is 9.94. The first-order valence-electron chi connectivity index (χ1n) is 11.3. The van der Waals surface area contributed by atoms with Crippen molar-refractivity contribution < 1.29 is 22.5 Å². The maximum atomic E-state index is 14.0. The van der Waals surface area contributed by atoms with E-state index < -0.39 is 10.1 Å². The van der Waals surface area contributed by atoms with Crippen LogP contribution in [0.4, 0.5) is 0 Å². The van der Waals surface area contributed by atoms with Crippen LogP contribution in [0, 0.1) is 19.8 Å². The van der Waals surface area contributed by atoms with E-state index >= 15 is 0 Å². The molecule has 0 atom stereocenters. The van der Waals surface area contributed by atoms with Crippen molar-refractivity contribution in [1.82, 2.24) is 4.98 Å². The third-order valence-corrected chi connectivity index (χ3v) is 8.64. The summed E-state index contributed by atoms with van der Waals surface area (Å²) in [7, 11) is -2.85. The van der Waals surface area contributed by atoms with Gasteiger partial charge in [-0.3, -0.25) is 14.3 Å². The maximum absolute atomic E-state index is 14.0. The number of benzene rings is 2. The Morgan fingerprint density at radius 3 is 2.44 bits per heavy atom. The fraction of sp³-hybridized carbons (Fsp3) is 0.259. The highest BCUT2D eigenvalue weighted by Crippen LogP contribution is 2.39. The van der Waals surface area contributed by atoms with Crippen LogP contribution < -0.4 is 4.74 Å². The standard InChI is InChI=1S/C27H26ClNO5S2/c1-14(2)10-20-16(4)29-24-9-7-18(34-5)13-22(24)25(20)26(30)17-6-8-19(23(28)12-17)21-11-15(3)35-27(21)36(31,32)33/h6-9,11-14H,10H2,1-5H3,(H,31,32,33). The second-order valence-corrected chi connectivity index (χ2v) is 12.4. The molecule has 4 rings (SSSR count). The van der Waals surface area contributed by atoms with Gasteiger partial charge in [-0.15, -0.1) is 11.3 Å². The number of halogens is 1. The van der Waals surface area contributed by atoms with Crippen molar-refractivity contribution >= 4 is 49.7 Å². The van der Waals surface area contributed by atoms with Crippen LogP contribution in [0.25, 0.3) is 22.0 Å². The lowest BCUT2D eigenvalue weighted by molar-refractivity contribution is 0.103. The molecule has 0 aliphatic rings. The molecule has 0 radical (unpaired) electrons. The number of carbonyl (C=O) groups excluding carboxylic acids is 1. The predicted octanol–water partition coefficient (Wildman–Crippen LogP) is 6.92. The molecule has 0 unspecified atom stereocenters. The van der Waals surface area contributed by atoms with E-state index in [1.54, 1.807) is 38.3 Å². The van der Waals surface area contributed by atoms with Crippen molar-refractivity contribution in [1.29, 1.82) is 0 Å². The van der Waals surface area contributed by atoms with Crippen molar-refractivity contribution in [3.63, 3.8) is 0 Å². The van der Waals surface area contributed by atoms with E-state index in [0.29, 0.717) is 56.1 Å². The Morgan fingerprint density at radius 2 is 1.83 bits per heavy atom. The number of hydrogen-bond donors (Lipinski definition) is 1. The number of rotatable bonds is 7. The summed E-state index contributed by atoms with van der Waals surface area (Å²) >= 11 is 7.56. The van der Waals surface area contributed by atoms with Gasteiger partial charge < -0.3 is 4.74 Å². The molecule has 188 valence electrons. The summed E-state index contributed by atoms with van der Waals surface area (Å²) < 4.78 is 38.7. The molecule has 2 heterocycles. The van der Waals surface area contributed by atoms with Crippen molar-refractivity contribution in [2.75, 3.05) is 7.11 Å². The zero-order valence-corrected chi connectivity index (χ0v) is 22.9. The normalized spacial score (nSPS) is 11.9. The number of aryl methyl sites for hydroxylation is 2. The lowest BCUT2D eigenvalue weighted by Gasteiger charge is -2.17. The van der Waals surface area contributed by atoms with E-state index in [1.165, 1.54) is 0 Å². The van der Waals surface area contributed by atoms with Crippen LogP contribution in [0.15, 0.2) is 46.7 Å². The average Bonchev–Trinajstić information content (AvgIpc) is 3.20. The Hall–Kier alpha value is -2.78. The Kier molecular flexibility index (Phi) is 7.26. The Labute approximate surface area is 219 Å². The van der Waals surface area contributed by atoms with Gasteiger partial charge in [-0.25, -0.2) is 0 Å². The first-order valence-corrected chi connectivity index (χ1v) is 13.9. The largest absolute Gasteiger partial charge is 0.497 e. The summed E-state index contributed by atoms with van der Waals surface area (Å²) in [5, 5.41) is 0.907. The molecular formula is C27H26ClNO5S2. The van der Waals surface area contributed by atoms with Crippen molar-refractivity contribution in [3.8, 4) is 16.9 Å². The summed E-state index contributed by atoms with van der Waals surface area (Å²) in [6.07, 6.45) is 0.671. The molecule has 0 aliphatic heterocycles. The molecule has 9 heteroatoms. The van der Waals surface area contributed by atoms with Gasteiger partial charge in [0, 0.05) is 43.2 Å². The predicted molar refractivity (Wildman–Crippen MR) is 144 cm³/mol. The summed E-state index contributed by atoms with van der Waals surface area (Å²) in [5.41, 5.74) is 4.00. The maximum Gasteiger partial charge on any atom is 0.304 e. The van der Waals surface area contributed by atoms with Crippen LogP contribution in [0.2, 0.25) is 5.02 Å². The van der Waals surface area contributed by atoms with Gasteiger partial charge >= 0.3 is 10.1 Å². The third-order valence-electron chi connectivity index (χ3n) is 5.92. The number of carbonyl (C=O) groups is 1. The summed E-state index contributed by atoms with van der Waals surface area (Å²) in [4.78, 5) is 19.4. The second-order valence-electron chi connectivity index (χ2n) is 9.09. The van der Waals surface area contributed by atoms with E-state index in [2.05, 4.69) is 13.8 Å². The summed E-state index contributed by atoms with van der Waals surface area (Å²) in [6, 6.07) is 11.9. The number of nitrogens with zero attached hydrogens (tertiary/aromatic N) is 1. The SMILES string of the molecule is COc1ccc2nc(C)c(CC(C)C)c(C(=O)c3ccc(-c4cc(C)sc4S(=O)(=O)O)c(Cl)c3)c2c1. The number of thiophene rings is 1. The van der Waals surface area contributed by atoms with Gasteiger partial charge in [-0.05, 0) is 62.1 Å². The molecular weight excluding hydrogens is 518 g/mol. The van der Waals surface area contributed by atoms with E-state index in [1.807, 2.05) is 25.1 Å². The minimum Gasteiger partial charge on any atom is -0.497 e. The summed E-state index contributed by atoms with van der Waals surface area (Å²) in [5.74, 6) is 0.711. The number of ketones is 1. The minimum absolute atomic E-state index is 0.178. The molecule has 0 fully saturated rings. The number of fused-ring (bicyclic) bond motifs is 1. The van der Waals surface area contributed by atoms with Gasteiger partial charge in [0.2, 0.25) is 0 Å². The third kappa shape index (κ3) is 5.04. The van der Waals surface area contributed by atoms with Crippen LogP contribution >= 0.6 is 22.9 Å². The van der Waals surface area contributed by atoms with Crippen LogP contribution in [0.1, 0.15) is 45.9 Å². The lowest BCUT2D eigenvalue weighted by Crippen LogP contribution is -2.12. The van der Waals surface area contributed by atoms with Crippen molar-refractivity contribution in [2.45, 2.75) is 38.3 Å².